The normalized spacial score (nSPS) is 20.9. The molecule has 1 heterocycles. The highest BCUT2D eigenvalue weighted by molar-refractivity contribution is 9.11. The van der Waals surface area contributed by atoms with Crippen molar-refractivity contribution in [1.82, 2.24) is 0 Å². The van der Waals surface area contributed by atoms with Crippen molar-refractivity contribution >= 4 is 40.3 Å². The molecule has 0 bridgehead atoms. The molecule has 0 saturated carbocycles. The maximum absolute atomic E-state index is 7.31. The van der Waals surface area contributed by atoms with Gasteiger partial charge in [0.15, 0.2) is 0 Å². The summed E-state index contributed by atoms with van der Waals surface area (Å²) in [6.07, 6.45) is -0.0346. The fraction of sp³-hybridized carbons (Fsp3) is 0.375. The van der Waals surface area contributed by atoms with E-state index in [1.807, 2.05) is 0 Å². The van der Waals surface area contributed by atoms with E-state index in [9.17, 15) is 0 Å². The molecule has 0 amide bonds. The molecule has 3 rings (SSSR count). The molecule has 0 N–H and O–H groups in total. The summed E-state index contributed by atoms with van der Waals surface area (Å²) in [5, 5.41) is 2.57. The van der Waals surface area contributed by atoms with Crippen molar-refractivity contribution in [3.8, 4) is 0 Å². The lowest BCUT2D eigenvalue weighted by atomic mass is 9.92. The van der Waals surface area contributed by atoms with Crippen LogP contribution in [0.25, 0.3) is 0 Å². The molecule has 148 valence electrons. The maximum Gasteiger partial charge on any atom is 0.261 e. The van der Waals surface area contributed by atoms with Gasteiger partial charge in [0.05, 0.1) is 6.10 Å². The summed E-state index contributed by atoms with van der Waals surface area (Å²) in [7, 11) is -2.59. The van der Waals surface area contributed by atoms with Crippen LogP contribution >= 0.6 is 15.9 Å². The minimum Gasteiger partial charge on any atom is -0.399 e. The molecule has 28 heavy (non-hydrogen) atoms. The third-order valence-electron chi connectivity index (χ3n) is 5.87. The molecule has 0 saturated heterocycles. The van der Waals surface area contributed by atoms with E-state index in [1.54, 1.807) is 0 Å². The van der Waals surface area contributed by atoms with Gasteiger partial charge in [0.2, 0.25) is 0 Å². The predicted molar refractivity (Wildman–Crippen MR) is 126 cm³/mol. The Morgan fingerprint density at radius 2 is 1.36 bits per heavy atom. The first kappa shape index (κ1) is 21.2. The van der Waals surface area contributed by atoms with Gasteiger partial charge in [0, 0.05) is 11.6 Å². The zero-order chi connectivity index (χ0) is 20.5. The van der Waals surface area contributed by atoms with E-state index in [0.29, 0.717) is 0 Å². The minimum atomic E-state index is -2.59. The van der Waals surface area contributed by atoms with Crippen molar-refractivity contribution in [3.63, 3.8) is 0 Å². The van der Waals surface area contributed by atoms with Crippen molar-refractivity contribution < 1.29 is 4.43 Å². The lowest BCUT2D eigenvalue weighted by Crippen LogP contribution is -2.68. The average molecular weight is 457 g/mol. The first-order chi connectivity index (χ1) is 13.2. The second-order valence-electron chi connectivity index (χ2n) is 8.72. The number of aliphatic imine (C=N–C) groups is 1. The van der Waals surface area contributed by atoms with Gasteiger partial charge in [-0.05, 0) is 50.8 Å². The molecule has 0 spiro atoms. The summed E-state index contributed by atoms with van der Waals surface area (Å²) in [5.41, 5.74) is 2.28. The fourth-order valence-corrected chi connectivity index (χ4v) is 9.56. The van der Waals surface area contributed by atoms with Crippen LogP contribution in [0.15, 0.2) is 75.8 Å². The van der Waals surface area contributed by atoms with Crippen LogP contribution in [0.1, 0.15) is 41.5 Å². The first-order valence-electron chi connectivity index (χ1n) is 9.89. The lowest BCUT2D eigenvalue weighted by molar-refractivity contribution is 0.205. The molecule has 2 unspecified atom stereocenters. The Morgan fingerprint density at radius 3 is 1.79 bits per heavy atom. The van der Waals surface area contributed by atoms with Crippen molar-refractivity contribution in [1.29, 1.82) is 0 Å². The Morgan fingerprint density at radius 1 is 0.893 bits per heavy atom. The summed E-state index contributed by atoms with van der Waals surface area (Å²) in [4.78, 5) is 4.76. The van der Waals surface area contributed by atoms with E-state index < -0.39 is 8.32 Å². The molecule has 0 aromatic heterocycles. The molecule has 2 aromatic rings. The third kappa shape index (κ3) is 3.70. The van der Waals surface area contributed by atoms with Gasteiger partial charge in [-0.2, -0.15) is 0 Å². The molecule has 0 radical (unpaired) electrons. The molecular formula is C24H30BrNOSi. The predicted octanol–water partition coefficient (Wildman–Crippen LogP) is 5.67. The second-order valence-corrected chi connectivity index (χ2v) is 13.7. The van der Waals surface area contributed by atoms with Crippen LogP contribution in [-0.4, -0.2) is 20.1 Å². The highest BCUT2D eigenvalue weighted by Gasteiger charge is 2.52. The summed E-state index contributed by atoms with van der Waals surface area (Å²) < 4.78 is 8.26. The van der Waals surface area contributed by atoms with Gasteiger partial charge in [-0.1, -0.05) is 88.4 Å². The maximum atomic E-state index is 7.31. The standard InChI is InChI=1S/C24H30BrNOSi/c1-17-18(2)23(25)26-19(3)22(17)27-28(24(4,5)6,20-13-9-7-10-14-20)21-15-11-8-12-16-21/h7-17,22H,1-6H3. The molecule has 1 aliphatic rings. The fourth-order valence-electron chi connectivity index (χ4n) is 4.15. The molecule has 2 nitrogen and oxygen atoms in total. The molecule has 2 atom stereocenters. The summed E-state index contributed by atoms with van der Waals surface area (Å²) >= 11 is 3.62. The lowest BCUT2D eigenvalue weighted by Gasteiger charge is -2.46. The van der Waals surface area contributed by atoms with Gasteiger partial charge in [0.1, 0.15) is 4.61 Å². The van der Waals surface area contributed by atoms with Crippen LogP contribution in [0.5, 0.6) is 0 Å². The second kappa shape index (κ2) is 8.09. The van der Waals surface area contributed by atoms with Gasteiger partial charge in [-0.3, -0.25) is 0 Å². The molecular weight excluding hydrogens is 426 g/mol. The first-order valence-corrected chi connectivity index (χ1v) is 12.6. The Balaban J connectivity index is 2.22. The van der Waals surface area contributed by atoms with Crippen molar-refractivity contribution in [2.75, 3.05) is 0 Å². The van der Waals surface area contributed by atoms with Gasteiger partial charge >= 0.3 is 0 Å². The monoisotopic (exact) mass is 455 g/mol. The largest absolute Gasteiger partial charge is 0.399 e. The molecule has 0 fully saturated rings. The Labute approximate surface area is 179 Å². The highest BCUT2D eigenvalue weighted by atomic mass is 79.9. The number of nitrogens with zero attached hydrogens (tertiary/aromatic N) is 1. The van der Waals surface area contributed by atoms with Gasteiger partial charge in [0.25, 0.3) is 8.32 Å². The highest BCUT2D eigenvalue weighted by Crippen LogP contribution is 2.40. The Hall–Kier alpha value is -1.49. The third-order valence-corrected chi connectivity index (χ3v) is 11.7. The van der Waals surface area contributed by atoms with Crippen molar-refractivity contribution in [3.05, 3.63) is 70.8 Å². The SMILES string of the molecule is CC1=NC(Br)=C(C)C(C)C1O[Si](c1ccccc1)(c1ccccc1)C(C)(C)C. The number of benzene rings is 2. The van der Waals surface area contributed by atoms with Crippen LogP contribution in [0.3, 0.4) is 0 Å². The molecule has 1 aliphatic heterocycles. The van der Waals surface area contributed by atoms with E-state index in [2.05, 4.69) is 118 Å². The van der Waals surface area contributed by atoms with Gasteiger partial charge < -0.3 is 4.43 Å². The average Bonchev–Trinajstić information content (AvgIpc) is 2.67. The number of rotatable bonds is 4. The van der Waals surface area contributed by atoms with Gasteiger partial charge in [-0.15, -0.1) is 0 Å². The van der Waals surface area contributed by atoms with Crippen LogP contribution < -0.4 is 10.4 Å². The van der Waals surface area contributed by atoms with E-state index in [-0.39, 0.29) is 17.1 Å². The van der Waals surface area contributed by atoms with Crippen LogP contribution in [0.2, 0.25) is 5.04 Å². The molecule has 0 aliphatic carbocycles. The van der Waals surface area contributed by atoms with E-state index in [4.69, 9.17) is 9.42 Å². The van der Waals surface area contributed by atoms with E-state index >= 15 is 0 Å². The zero-order valence-corrected chi connectivity index (χ0v) is 20.2. The number of halogens is 1. The van der Waals surface area contributed by atoms with Gasteiger partial charge in [-0.25, -0.2) is 4.99 Å². The quantitative estimate of drug-likeness (QED) is 0.429. The zero-order valence-electron chi connectivity index (χ0n) is 17.7. The van der Waals surface area contributed by atoms with E-state index in [0.717, 1.165) is 10.3 Å². The van der Waals surface area contributed by atoms with E-state index in [1.165, 1.54) is 15.9 Å². The van der Waals surface area contributed by atoms with Crippen LogP contribution in [0, 0.1) is 5.92 Å². The number of hydrogen-bond donors (Lipinski definition) is 0. The van der Waals surface area contributed by atoms with Crippen LogP contribution in [0.4, 0.5) is 0 Å². The Kier molecular flexibility index (Phi) is 6.13. The molecule has 4 heteroatoms. The topological polar surface area (TPSA) is 21.6 Å². The summed E-state index contributed by atoms with van der Waals surface area (Å²) in [6, 6.07) is 21.6. The summed E-state index contributed by atoms with van der Waals surface area (Å²) in [6.45, 7) is 13.4. The van der Waals surface area contributed by atoms with Crippen molar-refractivity contribution in [2.24, 2.45) is 10.9 Å². The Bertz CT molecular complexity index is 844. The smallest absolute Gasteiger partial charge is 0.261 e. The van der Waals surface area contributed by atoms with Crippen LogP contribution in [-0.2, 0) is 4.43 Å². The molecule has 2 aromatic carbocycles. The summed E-state index contributed by atoms with van der Waals surface area (Å²) in [5.74, 6) is 0.272. The van der Waals surface area contributed by atoms with Crippen molar-refractivity contribution in [2.45, 2.75) is 52.7 Å². The minimum absolute atomic E-state index is 0.0346. The number of hydrogen-bond acceptors (Lipinski definition) is 2.